The molecule has 0 aliphatic carbocycles. The van der Waals surface area contributed by atoms with Gasteiger partial charge in [-0.2, -0.15) is 34.4 Å². The summed E-state index contributed by atoms with van der Waals surface area (Å²) in [7, 11) is -11.5. The lowest BCUT2D eigenvalue weighted by molar-refractivity contribution is -0.136. The minimum Gasteiger partial charge on any atom is -0.350 e. The molecular weight excluding hydrogens is 638 g/mol. The first-order chi connectivity index (χ1) is 20.5. The summed E-state index contributed by atoms with van der Waals surface area (Å²) < 4.78 is 112. The molecule has 1 N–H and O–H groups in total. The number of hydrogen-bond acceptors (Lipinski definition) is 10. The van der Waals surface area contributed by atoms with E-state index < -0.39 is 73.6 Å². The van der Waals surface area contributed by atoms with Crippen LogP contribution in [0.1, 0.15) is 59.2 Å². The second-order valence-electron chi connectivity index (χ2n) is 9.24. The molecule has 0 saturated carbocycles. The third kappa shape index (κ3) is 10.0. The van der Waals surface area contributed by atoms with Crippen LogP contribution >= 0.6 is 0 Å². The van der Waals surface area contributed by atoms with Crippen molar-refractivity contribution in [2.75, 3.05) is 19.8 Å². The largest absolute Gasteiger partial charge is 0.446 e. The van der Waals surface area contributed by atoms with E-state index in [1.807, 2.05) is 0 Å². The van der Waals surface area contributed by atoms with Gasteiger partial charge in [-0.05, 0) is 12.8 Å². The van der Waals surface area contributed by atoms with Crippen LogP contribution in [0, 0.1) is 0 Å². The number of Topliss-reactive ketones (excluding diaryl/α,β-unsaturated/α-hetero) is 3. The van der Waals surface area contributed by atoms with E-state index in [9.17, 15) is 53.6 Å². The first-order valence-electron chi connectivity index (χ1n) is 13.0. The van der Waals surface area contributed by atoms with Gasteiger partial charge in [0.25, 0.3) is 0 Å². The zero-order valence-corrected chi connectivity index (χ0v) is 24.7. The minimum atomic E-state index is -5.80. The molecule has 0 spiro atoms. The molecule has 11 nitrogen and oxygen atoms in total. The third-order valence-corrected chi connectivity index (χ3v) is 8.49. The van der Waals surface area contributed by atoms with E-state index in [1.54, 1.807) is 17.4 Å². The average Bonchev–Trinajstić information content (AvgIpc) is 3.00. The normalized spacial score (nSPS) is 12.5. The molecule has 0 aromatic heterocycles. The Morgan fingerprint density at radius 3 is 1.50 bits per heavy atom. The first-order valence-corrected chi connectivity index (χ1v) is 15.9. The van der Waals surface area contributed by atoms with Crippen molar-refractivity contribution >= 4 is 43.5 Å². The number of carbonyl (C=O) groups is 4. The number of halogens is 4. The Kier molecular flexibility index (Phi) is 13.3. The van der Waals surface area contributed by atoms with Crippen molar-refractivity contribution in [2.24, 2.45) is 0 Å². The Morgan fingerprint density at radius 2 is 1.02 bits per heavy atom. The number of unbranched alkanes of at least 4 members (excludes halogenated alkanes) is 4. The predicted octanol–water partition coefficient (Wildman–Crippen LogP) is 3.66. The van der Waals surface area contributed by atoms with Gasteiger partial charge in [0.2, 0.25) is 5.78 Å². The standard InChI is InChI=1S/C27H29F4NO10S2/c28-26(29,43(37,38)41-18-22(33)20-12-6-4-7-13-20)24(35)16-10-2-1-3-11-17-32-25(36)27(30,31)44(39,40)42-19-23(34)21-14-8-5-9-15-21/h4-9,12-15H,1-3,10-11,16-19H2,(H,32,36). The summed E-state index contributed by atoms with van der Waals surface area (Å²) in [5.74, 6) is -5.90. The number of ketones is 3. The molecule has 2 aromatic carbocycles. The van der Waals surface area contributed by atoms with Gasteiger partial charge in [0.1, 0.15) is 13.2 Å². The number of benzene rings is 2. The molecule has 0 unspecified atom stereocenters. The van der Waals surface area contributed by atoms with Crippen LogP contribution in [0.4, 0.5) is 17.6 Å². The summed E-state index contributed by atoms with van der Waals surface area (Å²) in [4.78, 5) is 47.5. The minimum absolute atomic E-state index is 0.0137. The molecule has 0 fully saturated rings. The summed E-state index contributed by atoms with van der Waals surface area (Å²) in [6.45, 7) is -2.84. The molecule has 0 bridgehead atoms. The molecule has 0 radical (unpaired) electrons. The van der Waals surface area contributed by atoms with Crippen LogP contribution in [0.5, 0.6) is 0 Å². The van der Waals surface area contributed by atoms with E-state index in [1.165, 1.54) is 48.5 Å². The van der Waals surface area contributed by atoms with Gasteiger partial charge < -0.3 is 5.32 Å². The van der Waals surface area contributed by atoms with Gasteiger partial charge >= 0.3 is 36.7 Å². The van der Waals surface area contributed by atoms with E-state index in [0.29, 0.717) is 0 Å². The number of hydrogen-bond donors (Lipinski definition) is 1. The van der Waals surface area contributed by atoms with Crippen LogP contribution in [-0.2, 0) is 38.2 Å². The van der Waals surface area contributed by atoms with Gasteiger partial charge in [0.05, 0.1) is 0 Å². The van der Waals surface area contributed by atoms with Crippen molar-refractivity contribution < 1.29 is 61.9 Å². The van der Waals surface area contributed by atoms with Crippen molar-refractivity contribution in [1.82, 2.24) is 5.32 Å². The van der Waals surface area contributed by atoms with Gasteiger partial charge in [0.15, 0.2) is 11.6 Å². The van der Waals surface area contributed by atoms with Crippen LogP contribution in [0.15, 0.2) is 60.7 Å². The maximum atomic E-state index is 14.2. The van der Waals surface area contributed by atoms with Crippen molar-refractivity contribution in [3.8, 4) is 0 Å². The molecule has 0 heterocycles. The molecule has 17 heteroatoms. The van der Waals surface area contributed by atoms with Crippen molar-refractivity contribution in [1.29, 1.82) is 0 Å². The van der Waals surface area contributed by atoms with Crippen LogP contribution < -0.4 is 5.32 Å². The zero-order valence-electron chi connectivity index (χ0n) is 23.0. The van der Waals surface area contributed by atoms with Crippen molar-refractivity contribution in [3.63, 3.8) is 0 Å². The predicted molar refractivity (Wildman–Crippen MR) is 147 cm³/mol. The Morgan fingerprint density at radius 1 is 0.614 bits per heavy atom. The fourth-order valence-corrected chi connectivity index (χ4v) is 4.97. The Bertz CT molecular complexity index is 1400. The third-order valence-electron chi connectivity index (χ3n) is 5.96. The van der Waals surface area contributed by atoms with Crippen LogP contribution in [0.3, 0.4) is 0 Å². The molecule has 0 saturated heterocycles. The highest BCUT2D eigenvalue weighted by atomic mass is 32.2. The van der Waals surface area contributed by atoms with Crippen molar-refractivity contribution in [3.05, 3.63) is 71.8 Å². The second-order valence-corrected chi connectivity index (χ2v) is 12.6. The molecule has 0 atom stereocenters. The lowest BCUT2D eigenvalue weighted by Crippen LogP contribution is -2.47. The molecule has 0 aliphatic rings. The highest BCUT2D eigenvalue weighted by Crippen LogP contribution is 2.28. The van der Waals surface area contributed by atoms with E-state index in [2.05, 4.69) is 8.37 Å². The maximum Gasteiger partial charge on any atom is 0.446 e. The summed E-state index contributed by atoms with van der Waals surface area (Å²) in [5, 5.41) is -8.15. The fourth-order valence-electron chi connectivity index (χ4n) is 3.47. The van der Waals surface area contributed by atoms with Gasteiger partial charge in [0, 0.05) is 24.1 Å². The Balaban J connectivity index is 1.68. The second kappa shape index (κ2) is 16.0. The number of amides is 1. The monoisotopic (exact) mass is 667 g/mol. The van der Waals surface area contributed by atoms with E-state index >= 15 is 0 Å². The van der Waals surface area contributed by atoms with Crippen LogP contribution in [0.2, 0.25) is 0 Å². The first kappa shape index (κ1) is 36.7. The van der Waals surface area contributed by atoms with Crippen LogP contribution in [0.25, 0.3) is 0 Å². The van der Waals surface area contributed by atoms with E-state index in [-0.39, 0.29) is 49.8 Å². The molecule has 242 valence electrons. The molecule has 1 amide bonds. The fraction of sp³-hybridized carbons (Fsp3) is 0.407. The molecule has 0 aliphatic heterocycles. The SMILES string of the molecule is O=C(COS(=O)(=O)C(F)(F)C(=O)CCCCCCCNC(=O)C(F)(F)S(=O)(=O)OCC(=O)c1ccccc1)c1ccccc1. The van der Waals surface area contributed by atoms with E-state index in [4.69, 9.17) is 0 Å². The summed E-state index contributed by atoms with van der Waals surface area (Å²) in [6.07, 6.45) is -0.268. The van der Waals surface area contributed by atoms with E-state index in [0.717, 1.165) is 0 Å². The number of carbonyl (C=O) groups excluding carboxylic acids is 4. The lowest BCUT2D eigenvalue weighted by atomic mass is 10.1. The summed E-state index contributed by atoms with van der Waals surface area (Å²) in [5.41, 5.74) is 0.0386. The summed E-state index contributed by atoms with van der Waals surface area (Å²) >= 11 is 0. The van der Waals surface area contributed by atoms with Gasteiger partial charge in [-0.15, -0.1) is 0 Å². The zero-order chi connectivity index (χ0) is 33.0. The maximum absolute atomic E-state index is 14.2. The van der Waals surface area contributed by atoms with Gasteiger partial charge in [-0.3, -0.25) is 27.5 Å². The highest BCUT2D eigenvalue weighted by Gasteiger charge is 2.54. The summed E-state index contributed by atoms with van der Waals surface area (Å²) in [6, 6.07) is 14.3. The topological polar surface area (TPSA) is 167 Å². The molecule has 44 heavy (non-hydrogen) atoms. The van der Waals surface area contributed by atoms with Crippen LogP contribution in [-0.4, -0.2) is 70.4 Å². The highest BCUT2D eigenvalue weighted by molar-refractivity contribution is 7.89. The Hall–Kier alpha value is -3.54. The quantitative estimate of drug-likeness (QED) is 0.0953. The smallest absolute Gasteiger partial charge is 0.350 e. The number of alkyl halides is 4. The van der Waals surface area contributed by atoms with Crippen molar-refractivity contribution in [2.45, 2.75) is 49.0 Å². The van der Waals surface area contributed by atoms with Gasteiger partial charge in [-0.25, -0.2) is 0 Å². The Labute approximate surface area is 251 Å². The van der Waals surface area contributed by atoms with Gasteiger partial charge in [-0.1, -0.05) is 79.9 Å². The number of nitrogens with one attached hydrogen (secondary N) is 1. The molecular formula is C27H29F4NO10S2. The molecule has 2 aromatic rings. The lowest BCUT2D eigenvalue weighted by Gasteiger charge is -2.16. The number of rotatable bonds is 20. The average molecular weight is 668 g/mol. The molecule has 2 rings (SSSR count).